The maximum absolute atomic E-state index is 13.0. The van der Waals surface area contributed by atoms with Crippen LogP contribution in [0.15, 0.2) is 59.0 Å². The number of urea groups is 1. The largest absolute Gasteiger partial charge is 0.459 e. The molecule has 23 heavy (non-hydrogen) atoms. The van der Waals surface area contributed by atoms with Crippen molar-refractivity contribution >= 4 is 22.7 Å². The standard InChI is InChI=1S/C18H17FN2O2/c1-12(17-11-13-5-3-4-6-16(13)23-17)20-18(22)21(2)15-9-7-14(19)8-10-15/h3-12H,1-2H3,(H,20,22). The van der Waals surface area contributed by atoms with Crippen molar-refractivity contribution in [3.05, 3.63) is 66.2 Å². The number of carbonyl (C=O) groups excluding carboxylic acids is 1. The zero-order chi connectivity index (χ0) is 16.4. The average Bonchev–Trinajstić information content (AvgIpc) is 2.99. The number of halogens is 1. The van der Waals surface area contributed by atoms with E-state index in [0.717, 1.165) is 11.0 Å². The van der Waals surface area contributed by atoms with E-state index >= 15 is 0 Å². The quantitative estimate of drug-likeness (QED) is 0.775. The van der Waals surface area contributed by atoms with Crippen LogP contribution in [0.4, 0.5) is 14.9 Å². The minimum Gasteiger partial charge on any atom is -0.459 e. The number of fused-ring (bicyclic) bond motifs is 1. The molecule has 2 amide bonds. The van der Waals surface area contributed by atoms with Gasteiger partial charge in [0.1, 0.15) is 17.2 Å². The molecular formula is C18H17FN2O2. The number of anilines is 1. The Kier molecular flexibility index (Phi) is 4.02. The Morgan fingerprint density at radius 2 is 1.87 bits per heavy atom. The number of para-hydroxylation sites is 1. The summed E-state index contributed by atoms with van der Waals surface area (Å²) in [6.07, 6.45) is 0. The molecule has 0 aliphatic heterocycles. The third-order valence-electron chi connectivity index (χ3n) is 3.73. The summed E-state index contributed by atoms with van der Waals surface area (Å²) < 4.78 is 18.7. The van der Waals surface area contributed by atoms with Gasteiger partial charge in [0.15, 0.2) is 0 Å². The Morgan fingerprint density at radius 1 is 1.17 bits per heavy atom. The van der Waals surface area contributed by atoms with E-state index in [4.69, 9.17) is 4.42 Å². The second kappa shape index (κ2) is 6.12. The van der Waals surface area contributed by atoms with Crippen LogP contribution in [0.5, 0.6) is 0 Å². The lowest BCUT2D eigenvalue weighted by Gasteiger charge is -2.20. The first-order valence-electron chi connectivity index (χ1n) is 7.33. The minimum absolute atomic E-state index is 0.280. The van der Waals surface area contributed by atoms with Gasteiger partial charge in [0.25, 0.3) is 0 Å². The number of hydrogen-bond donors (Lipinski definition) is 1. The molecule has 0 saturated carbocycles. The molecular weight excluding hydrogens is 295 g/mol. The summed E-state index contributed by atoms with van der Waals surface area (Å²) in [5.74, 6) is 0.352. The van der Waals surface area contributed by atoms with Crippen molar-refractivity contribution in [2.75, 3.05) is 11.9 Å². The molecule has 1 aromatic heterocycles. The van der Waals surface area contributed by atoms with Crippen LogP contribution in [0.1, 0.15) is 18.7 Å². The second-order valence-electron chi connectivity index (χ2n) is 5.39. The Labute approximate surface area is 133 Å². The van der Waals surface area contributed by atoms with Crippen LogP contribution in [-0.2, 0) is 0 Å². The molecule has 0 bridgehead atoms. The highest BCUT2D eigenvalue weighted by molar-refractivity contribution is 5.91. The molecule has 2 aromatic carbocycles. The molecule has 0 aliphatic carbocycles. The summed E-state index contributed by atoms with van der Waals surface area (Å²) in [6, 6.07) is 14.8. The highest BCUT2D eigenvalue weighted by atomic mass is 19.1. The number of carbonyl (C=O) groups is 1. The van der Waals surface area contributed by atoms with Gasteiger partial charge in [-0.25, -0.2) is 9.18 Å². The van der Waals surface area contributed by atoms with E-state index in [1.54, 1.807) is 19.2 Å². The summed E-state index contributed by atoms with van der Waals surface area (Å²) >= 11 is 0. The highest BCUT2D eigenvalue weighted by Crippen LogP contribution is 2.24. The summed E-state index contributed by atoms with van der Waals surface area (Å²) in [6.45, 7) is 1.86. The molecule has 0 aliphatic rings. The second-order valence-corrected chi connectivity index (χ2v) is 5.39. The first kappa shape index (κ1) is 15.1. The maximum Gasteiger partial charge on any atom is 0.322 e. The lowest BCUT2D eigenvalue weighted by Crippen LogP contribution is -2.38. The smallest absolute Gasteiger partial charge is 0.322 e. The predicted octanol–water partition coefficient (Wildman–Crippen LogP) is 4.48. The minimum atomic E-state index is -0.335. The fourth-order valence-electron chi connectivity index (χ4n) is 2.35. The highest BCUT2D eigenvalue weighted by Gasteiger charge is 2.17. The van der Waals surface area contributed by atoms with E-state index < -0.39 is 0 Å². The van der Waals surface area contributed by atoms with Gasteiger partial charge in [0.2, 0.25) is 0 Å². The van der Waals surface area contributed by atoms with Crippen molar-refractivity contribution in [1.82, 2.24) is 5.32 Å². The Morgan fingerprint density at radius 3 is 2.57 bits per heavy atom. The average molecular weight is 312 g/mol. The first-order valence-corrected chi connectivity index (χ1v) is 7.33. The van der Waals surface area contributed by atoms with Gasteiger partial charge in [-0.15, -0.1) is 0 Å². The number of furan rings is 1. The van der Waals surface area contributed by atoms with Gasteiger partial charge >= 0.3 is 6.03 Å². The van der Waals surface area contributed by atoms with Crippen LogP contribution in [0.25, 0.3) is 11.0 Å². The van der Waals surface area contributed by atoms with Crippen LogP contribution in [0, 0.1) is 5.82 Å². The Balaban J connectivity index is 1.72. The van der Waals surface area contributed by atoms with E-state index in [1.807, 2.05) is 37.3 Å². The first-order chi connectivity index (χ1) is 11.0. The van der Waals surface area contributed by atoms with E-state index in [2.05, 4.69) is 5.32 Å². The molecule has 1 heterocycles. The summed E-state index contributed by atoms with van der Waals surface area (Å²) in [5, 5.41) is 3.87. The number of benzene rings is 2. The van der Waals surface area contributed by atoms with E-state index in [-0.39, 0.29) is 17.9 Å². The van der Waals surface area contributed by atoms with Crippen molar-refractivity contribution in [2.45, 2.75) is 13.0 Å². The van der Waals surface area contributed by atoms with Crippen LogP contribution < -0.4 is 10.2 Å². The number of rotatable bonds is 3. The molecule has 118 valence electrons. The van der Waals surface area contributed by atoms with Gasteiger partial charge in [-0.1, -0.05) is 18.2 Å². The molecule has 1 atom stereocenters. The van der Waals surface area contributed by atoms with E-state index in [1.165, 1.54) is 17.0 Å². The van der Waals surface area contributed by atoms with Gasteiger partial charge < -0.3 is 9.73 Å². The lowest BCUT2D eigenvalue weighted by atomic mass is 10.2. The molecule has 3 aromatic rings. The van der Waals surface area contributed by atoms with Crippen LogP contribution in [0.2, 0.25) is 0 Å². The Hall–Kier alpha value is -2.82. The van der Waals surface area contributed by atoms with E-state index in [0.29, 0.717) is 11.4 Å². The van der Waals surface area contributed by atoms with Crippen molar-refractivity contribution < 1.29 is 13.6 Å². The van der Waals surface area contributed by atoms with Crippen molar-refractivity contribution in [2.24, 2.45) is 0 Å². The Bertz CT molecular complexity index is 793. The molecule has 0 radical (unpaired) electrons. The van der Waals surface area contributed by atoms with Crippen molar-refractivity contribution in [3.63, 3.8) is 0 Å². The third-order valence-corrected chi connectivity index (χ3v) is 3.73. The monoisotopic (exact) mass is 312 g/mol. The van der Waals surface area contributed by atoms with Gasteiger partial charge in [-0.3, -0.25) is 4.90 Å². The normalized spacial score (nSPS) is 12.1. The fourth-order valence-corrected chi connectivity index (χ4v) is 2.35. The van der Waals surface area contributed by atoms with Crippen LogP contribution in [-0.4, -0.2) is 13.1 Å². The third kappa shape index (κ3) is 3.18. The van der Waals surface area contributed by atoms with Crippen LogP contribution in [0.3, 0.4) is 0 Å². The van der Waals surface area contributed by atoms with Crippen LogP contribution >= 0.6 is 0 Å². The molecule has 1 N–H and O–H groups in total. The zero-order valence-corrected chi connectivity index (χ0v) is 12.9. The van der Waals surface area contributed by atoms with Crippen molar-refractivity contribution in [1.29, 1.82) is 0 Å². The number of amides is 2. The number of nitrogens with zero attached hydrogens (tertiary/aromatic N) is 1. The topological polar surface area (TPSA) is 45.5 Å². The molecule has 4 nitrogen and oxygen atoms in total. The van der Waals surface area contributed by atoms with Gasteiger partial charge in [-0.05, 0) is 43.3 Å². The molecule has 5 heteroatoms. The molecule has 3 rings (SSSR count). The predicted molar refractivity (Wildman–Crippen MR) is 88.0 cm³/mol. The van der Waals surface area contributed by atoms with E-state index in [9.17, 15) is 9.18 Å². The summed E-state index contributed by atoms with van der Waals surface area (Å²) in [7, 11) is 1.63. The fraction of sp³-hybridized carbons (Fsp3) is 0.167. The lowest BCUT2D eigenvalue weighted by molar-refractivity contribution is 0.243. The SMILES string of the molecule is CC(NC(=O)N(C)c1ccc(F)cc1)c1cc2ccccc2o1. The number of hydrogen-bond acceptors (Lipinski definition) is 2. The van der Waals surface area contributed by atoms with Gasteiger partial charge in [-0.2, -0.15) is 0 Å². The summed E-state index contributed by atoms with van der Waals surface area (Å²) in [5.41, 5.74) is 1.40. The van der Waals surface area contributed by atoms with Gasteiger partial charge in [0, 0.05) is 18.1 Å². The molecule has 0 saturated heterocycles. The molecule has 1 unspecified atom stereocenters. The molecule has 0 spiro atoms. The molecule has 0 fully saturated rings. The zero-order valence-electron chi connectivity index (χ0n) is 12.9. The van der Waals surface area contributed by atoms with Gasteiger partial charge in [0.05, 0.1) is 6.04 Å². The summed E-state index contributed by atoms with van der Waals surface area (Å²) in [4.78, 5) is 13.7. The number of nitrogens with one attached hydrogen (secondary N) is 1. The maximum atomic E-state index is 13.0. The van der Waals surface area contributed by atoms with Crippen molar-refractivity contribution in [3.8, 4) is 0 Å².